The summed E-state index contributed by atoms with van der Waals surface area (Å²) >= 11 is 3.32. The van der Waals surface area contributed by atoms with Crippen LogP contribution in [0.5, 0.6) is 0 Å². The van der Waals surface area contributed by atoms with E-state index in [9.17, 15) is 0 Å². The molecule has 3 rings (SSSR count). The van der Waals surface area contributed by atoms with Crippen LogP contribution in [0.15, 0.2) is 16.8 Å². The predicted octanol–water partition coefficient (Wildman–Crippen LogP) is 3.62. The van der Waals surface area contributed by atoms with Crippen molar-refractivity contribution in [3.63, 3.8) is 0 Å². The lowest BCUT2D eigenvalue weighted by molar-refractivity contribution is 1.24. The number of nitrogen functional groups attached to an aromatic ring is 1. The van der Waals surface area contributed by atoms with Crippen molar-refractivity contribution in [1.82, 2.24) is 9.97 Å². The lowest BCUT2D eigenvalue weighted by Gasteiger charge is -2.01. The van der Waals surface area contributed by atoms with Crippen molar-refractivity contribution >= 4 is 38.7 Å². The highest BCUT2D eigenvalue weighted by atomic mass is 32.1. The molecule has 0 amide bonds. The van der Waals surface area contributed by atoms with Crippen molar-refractivity contribution in [3.8, 4) is 11.4 Å². The Balaban J connectivity index is 2.28. The Hall–Kier alpha value is -1.46. The molecule has 5 heteroatoms. The van der Waals surface area contributed by atoms with Gasteiger partial charge in [0.2, 0.25) is 0 Å². The van der Waals surface area contributed by atoms with Crippen LogP contribution in [0, 0.1) is 13.8 Å². The van der Waals surface area contributed by atoms with Gasteiger partial charge in [-0.1, -0.05) is 0 Å². The molecule has 0 bridgehead atoms. The largest absolute Gasteiger partial charge is 0.383 e. The van der Waals surface area contributed by atoms with E-state index in [1.807, 2.05) is 6.07 Å². The summed E-state index contributed by atoms with van der Waals surface area (Å²) in [5.74, 6) is 1.30. The van der Waals surface area contributed by atoms with Gasteiger partial charge in [-0.25, -0.2) is 9.97 Å². The molecule has 0 aliphatic rings. The number of aromatic nitrogens is 2. The SMILES string of the molecule is Cc1cc2c(N)nc(-c3cscc3C)nc2s1. The number of anilines is 1. The number of nitrogens with zero attached hydrogens (tertiary/aromatic N) is 2. The molecule has 17 heavy (non-hydrogen) atoms. The maximum Gasteiger partial charge on any atom is 0.164 e. The van der Waals surface area contributed by atoms with Gasteiger partial charge in [0.25, 0.3) is 0 Å². The van der Waals surface area contributed by atoms with E-state index in [-0.39, 0.29) is 0 Å². The molecule has 3 aromatic heterocycles. The minimum atomic E-state index is 0.569. The van der Waals surface area contributed by atoms with Crippen LogP contribution < -0.4 is 5.73 Å². The van der Waals surface area contributed by atoms with Crippen molar-refractivity contribution in [3.05, 3.63) is 27.3 Å². The third-order valence-electron chi connectivity index (χ3n) is 2.64. The van der Waals surface area contributed by atoms with Gasteiger partial charge >= 0.3 is 0 Å². The zero-order chi connectivity index (χ0) is 12.0. The zero-order valence-electron chi connectivity index (χ0n) is 9.52. The Labute approximate surface area is 107 Å². The highest BCUT2D eigenvalue weighted by Gasteiger charge is 2.11. The van der Waals surface area contributed by atoms with Gasteiger partial charge in [0.05, 0.1) is 5.39 Å². The van der Waals surface area contributed by atoms with Crippen molar-refractivity contribution in [1.29, 1.82) is 0 Å². The molecule has 0 aromatic carbocycles. The summed E-state index contributed by atoms with van der Waals surface area (Å²) in [4.78, 5) is 11.2. The number of aryl methyl sites for hydroxylation is 2. The molecule has 0 spiro atoms. The molecule has 0 aliphatic heterocycles. The number of nitrogens with two attached hydrogens (primary N) is 1. The van der Waals surface area contributed by atoms with Crippen LogP contribution in [0.4, 0.5) is 5.82 Å². The van der Waals surface area contributed by atoms with E-state index in [4.69, 9.17) is 5.73 Å². The number of hydrogen-bond donors (Lipinski definition) is 1. The summed E-state index contributed by atoms with van der Waals surface area (Å²) in [5, 5.41) is 5.12. The zero-order valence-corrected chi connectivity index (χ0v) is 11.2. The smallest absolute Gasteiger partial charge is 0.164 e. The molecule has 0 saturated heterocycles. The Kier molecular flexibility index (Phi) is 2.38. The van der Waals surface area contributed by atoms with Crippen molar-refractivity contribution in [2.24, 2.45) is 0 Å². The third-order valence-corrected chi connectivity index (χ3v) is 4.45. The monoisotopic (exact) mass is 261 g/mol. The first-order valence-electron chi connectivity index (χ1n) is 5.22. The quantitative estimate of drug-likeness (QED) is 0.728. The second kappa shape index (κ2) is 3.78. The summed E-state index contributed by atoms with van der Waals surface area (Å²) in [6.07, 6.45) is 0. The molecule has 3 aromatic rings. The maximum atomic E-state index is 5.99. The van der Waals surface area contributed by atoms with Crippen molar-refractivity contribution < 1.29 is 0 Å². The van der Waals surface area contributed by atoms with Crippen molar-refractivity contribution in [2.45, 2.75) is 13.8 Å². The second-order valence-electron chi connectivity index (χ2n) is 3.98. The van der Waals surface area contributed by atoms with Gasteiger partial charge in [0.15, 0.2) is 5.82 Å². The Bertz CT molecular complexity index is 697. The average molecular weight is 261 g/mol. The first kappa shape index (κ1) is 10.7. The number of thiophene rings is 2. The first-order valence-corrected chi connectivity index (χ1v) is 6.98. The third kappa shape index (κ3) is 1.71. The van der Waals surface area contributed by atoms with E-state index in [0.717, 1.165) is 21.6 Å². The molecule has 0 aliphatic carbocycles. The Morgan fingerprint density at radius 3 is 2.71 bits per heavy atom. The summed E-state index contributed by atoms with van der Waals surface area (Å²) in [6, 6.07) is 2.04. The first-order chi connectivity index (χ1) is 8.15. The van der Waals surface area contributed by atoms with Crippen LogP contribution in [0.1, 0.15) is 10.4 Å². The van der Waals surface area contributed by atoms with Gasteiger partial charge in [-0.05, 0) is 30.9 Å². The molecule has 0 radical (unpaired) electrons. The summed E-state index contributed by atoms with van der Waals surface area (Å²) < 4.78 is 0. The second-order valence-corrected chi connectivity index (χ2v) is 5.96. The molecule has 3 heterocycles. The Morgan fingerprint density at radius 2 is 2.00 bits per heavy atom. The fourth-order valence-electron chi connectivity index (χ4n) is 1.77. The molecule has 86 valence electrons. The standard InChI is InChI=1S/C12H11N3S2/c1-6-4-16-5-9(6)11-14-10(13)8-3-7(2)17-12(8)15-11/h3-5H,1-2H3,(H2,13,14,15). The van der Waals surface area contributed by atoms with Crippen LogP contribution >= 0.6 is 22.7 Å². The molecular formula is C12H11N3S2. The van der Waals surface area contributed by atoms with Gasteiger partial charge in [0.1, 0.15) is 10.6 Å². The molecule has 0 fully saturated rings. The maximum absolute atomic E-state index is 5.99. The number of fused-ring (bicyclic) bond motifs is 1. The lowest BCUT2D eigenvalue weighted by atomic mass is 10.2. The minimum Gasteiger partial charge on any atom is -0.383 e. The van der Waals surface area contributed by atoms with Crippen LogP contribution in [0.25, 0.3) is 21.6 Å². The van der Waals surface area contributed by atoms with Crippen LogP contribution in [-0.2, 0) is 0 Å². The van der Waals surface area contributed by atoms with Gasteiger partial charge in [-0.15, -0.1) is 11.3 Å². The van der Waals surface area contributed by atoms with E-state index in [2.05, 4.69) is 34.6 Å². The fraction of sp³-hybridized carbons (Fsp3) is 0.167. The molecule has 0 atom stereocenters. The minimum absolute atomic E-state index is 0.569. The summed E-state index contributed by atoms with van der Waals surface area (Å²) in [7, 11) is 0. The predicted molar refractivity (Wildman–Crippen MR) is 74.6 cm³/mol. The Morgan fingerprint density at radius 1 is 1.18 bits per heavy atom. The van der Waals surface area contributed by atoms with E-state index < -0.39 is 0 Å². The van der Waals surface area contributed by atoms with Gasteiger partial charge in [0, 0.05) is 15.8 Å². The lowest BCUT2D eigenvalue weighted by Crippen LogP contribution is -1.95. The molecule has 0 saturated carbocycles. The van der Waals surface area contributed by atoms with Gasteiger partial charge < -0.3 is 5.73 Å². The molecule has 0 unspecified atom stereocenters. The average Bonchev–Trinajstić information content (AvgIpc) is 2.83. The van der Waals surface area contributed by atoms with E-state index in [0.29, 0.717) is 5.82 Å². The summed E-state index contributed by atoms with van der Waals surface area (Å²) in [6.45, 7) is 4.12. The normalized spacial score (nSPS) is 11.2. The highest BCUT2D eigenvalue weighted by molar-refractivity contribution is 7.18. The van der Waals surface area contributed by atoms with Gasteiger partial charge in [-0.3, -0.25) is 0 Å². The van der Waals surface area contributed by atoms with Crippen LogP contribution in [0.3, 0.4) is 0 Å². The van der Waals surface area contributed by atoms with Gasteiger partial charge in [-0.2, -0.15) is 11.3 Å². The summed E-state index contributed by atoms with van der Waals surface area (Å²) in [5.41, 5.74) is 8.26. The van der Waals surface area contributed by atoms with Crippen molar-refractivity contribution in [2.75, 3.05) is 5.73 Å². The van der Waals surface area contributed by atoms with E-state index in [1.54, 1.807) is 22.7 Å². The van der Waals surface area contributed by atoms with E-state index >= 15 is 0 Å². The molecule has 3 nitrogen and oxygen atoms in total. The topological polar surface area (TPSA) is 51.8 Å². The molecular weight excluding hydrogens is 250 g/mol. The molecule has 2 N–H and O–H groups in total. The fourth-order valence-corrected chi connectivity index (χ4v) is 3.49. The van der Waals surface area contributed by atoms with E-state index in [1.165, 1.54) is 10.4 Å². The van der Waals surface area contributed by atoms with Crippen LogP contribution in [-0.4, -0.2) is 9.97 Å². The van der Waals surface area contributed by atoms with Crippen LogP contribution in [0.2, 0.25) is 0 Å². The highest BCUT2D eigenvalue weighted by Crippen LogP contribution is 2.31. The number of hydrogen-bond acceptors (Lipinski definition) is 5. The number of rotatable bonds is 1.